The Morgan fingerprint density at radius 1 is 1.32 bits per heavy atom. The largest absolute Gasteiger partial charge is 0.491 e. The Kier molecular flexibility index (Phi) is 4.79. The van der Waals surface area contributed by atoms with E-state index in [0.717, 1.165) is 0 Å². The smallest absolute Gasteiger partial charge is 0.387 e. The van der Waals surface area contributed by atoms with Crippen LogP contribution in [0.5, 0.6) is 11.5 Å². The summed E-state index contributed by atoms with van der Waals surface area (Å²) in [6, 6.07) is 5.48. The maximum Gasteiger partial charge on any atom is 0.387 e. The van der Waals surface area contributed by atoms with E-state index >= 15 is 0 Å². The Morgan fingerprint density at radius 2 is 2.12 bits per heavy atom. The minimum absolute atomic E-state index is 0.0283. The molecule has 0 radical (unpaired) electrons. The maximum absolute atomic E-state index is 12.5. The molecule has 0 aliphatic carbocycles. The number of methoxy groups -OCH3 is 1. The number of benzene rings is 1. The van der Waals surface area contributed by atoms with Crippen LogP contribution >= 0.6 is 0 Å². The molecule has 2 N–H and O–H groups in total. The van der Waals surface area contributed by atoms with E-state index in [2.05, 4.69) is 19.7 Å². The van der Waals surface area contributed by atoms with Gasteiger partial charge >= 0.3 is 6.61 Å². The number of hydrogen-bond acceptors (Lipinski definition) is 5. The fourth-order valence-corrected chi connectivity index (χ4v) is 3.32. The average Bonchev–Trinajstić information content (AvgIpc) is 2.98. The summed E-state index contributed by atoms with van der Waals surface area (Å²) in [4.78, 5) is 21.5. The van der Waals surface area contributed by atoms with Gasteiger partial charge in [-0.15, -0.1) is 0 Å². The van der Waals surface area contributed by atoms with Crippen molar-refractivity contribution in [2.24, 2.45) is 0 Å². The molecule has 2 heterocycles. The summed E-state index contributed by atoms with van der Waals surface area (Å²) in [5.41, 5.74) is 0.913. The molecule has 1 unspecified atom stereocenters. The molecular formula is C15H13F2N3O4S. The topological polar surface area (TPSA) is 97.1 Å². The summed E-state index contributed by atoms with van der Waals surface area (Å²) in [5, 5.41) is 0.149. The lowest BCUT2D eigenvalue weighted by Gasteiger charge is -2.05. The van der Waals surface area contributed by atoms with E-state index in [-0.39, 0.29) is 27.8 Å². The third-order valence-electron chi connectivity index (χ3n) is 3.34. The van der Waals surface area contributed by atoms with Crippen LogP contribution in [0.15, 0.2) is 40.4 Å². The summed E-state index contributed by atoms with van der Waals surface area (Å²) in [7, 11) is -0.260. The number of nitrogens with one attached hydrogen (secondary N) is 2. The zero-order chi connectivity index (χ0) is 18.0. The van der Waals surface area contributed by atoms with Crippen LogP contribution < -0.4 is 14.9 Å². The molecule has 1 aromatic carbocycles. The van der Waals surface area contributed by atoms with Gasteiger partial charge in [-0.05, 0) is 12.1 Å². The van der Waals surface area contributed by atoms with Gasteiger partial charge in [-0.3, -0.25) is 9.00 Å². The zero-order valence-corrected chi connectivity index (χ0v) is 13.7. The molecule has 0 aliphatic heterocycles. The second-order valence-electron chi connectivity index (χ2n) is 4.94. The molecule has 0 saturated heterocycles. The molecule has 0 fully saturated rings. The SMILES string of the molecule is COc1c(CS(=O)c2nc3ccc(OC(F)F)cc3[nH]2)[nH]ccc1=O. The zero-order valence-electron chi connectivity index (χ0n) is 12.9. The van der Waals surface area contributed by atoms with Crippen LogP contribution in [-0.4, -0.2) is 32.9 Å². The molecule has 0 spiro atoms. The number of hydrogen-bond donors (Lipinski definition) is 2. The summed E-state index contributed by atoms with van der Waals surface area (Å²) in [5.74, 6) is 0.0246. The first kappa shape index (κ1) is 17.1. The standard InChI is InChI=1S/C15H13F2N3O4S/c1-23-13-11(18-5-4-12(13)21)7-25(22)15-19-9-3-2-8(24-14(16)17)6-10(9)20-15/h2-6,14H,7H2,1H3,(H,18,21)(H,19,20). The van der Waals surface area contributed by atoms with Gasteiger partial charge in [-0.2, -0.15) is 8.78 Å². The number of pyridine rings is 1. The number of imidazole rings is 1. The summed E-state index contributed by atoms with van der Waals surface area (Å²) < 4.78 is 46.4. The molecule has 7 nitrogen and oxygen atoms in total. The molecule has 2 aromatic heterocycles. The van der Waals surface area contributed by atoms with Crippen molar-refractivity contribution in [2.45, 2.75) is 17.5 Å². The van der Waals surface area contributed by atoms with Crippen molar-refractivity contribution < 1.29 is 22.5 Å². The summed E-state index contributed by atoms with van der Waals surface area (Å²) >= 11 is 0. The molecule has 3 rings (SSSR count). The number of nitrogens with zero attached hydrogens (tertiary/aromatic N) is 1. The first-order valence-electron chi connectivity index (χ1n) is 7.05. The van der Waals surface area contributed by atoms with Crippen LogP contribution in [0.3, 0.4) is 0 Å². The van der Waals surface area contributed by atoms with Gasteiger partial charge in [0.2, 0.25) is 5.43 Å². The molecule has 132 valence electrons. The van der Waals surface area contributed by atoms with Crippen molar-refractivity contribution in [3.05, 3.63) is 46.4 Å². The Morgan fingerprint density at radius 3 is 2.84 bits per heavy atom. The minimum atomic E-state index is -2.93. The number of ether oxygens (including phenoxy) is 2. The molecule has 10 heteroatoms. The Labute approximate surface area is 142 Å². The van der Waals surface area contributed by atoms with Crippen LogP contribution in [0.2, 0.25) is 0 Å². The van der Waals surface area contributed by atoms with Gasteiger partial charge in [-0.25, -0.2) is 4.98 Å². The molecule has 0 aliphatic rings. The van der Waals surface area contributed by atoms with E-state index in [0.29, 0.717) is 16.7 Å². The Bertz CT molecular complexity index is 986. The highest BCUT2D eigenvalue weighted by Crippen LogP contribution is 2.22. The number of alkyl halides is 2. The van der Waals surface area contributed by atoms with Crippen molar-refractivity contribution in [1.82, 2.24) is 15.0 Å². The van der Waals surface area contributed by atoms with Crippen LogP contribution in [0.1, 0.15) is 5.69 Å². The van der Waals surface area contributed by atoms with Crippen molar-refractivity contribution in [1.29, 1.82) is 0 Å². The predicted molar refractivity (Wildman–Crippen MR) is 86.5 cm³/mol. The first-order valence-corrected chi connectivity index (χ1v) is 8.37. The van der Waals surface area contributed by atoms with Gasteiger partial charge in [0.1, 0.15) is 5.75 Å². The minimum Gasteiger partial charge on any atom is -0.491 e. The lowest BCUT2D eigenvalue weighted by atomic mass is 10.3. The number of aromatic amines is 2. The number of H-pyrrole nitrogens is 2. The third-order valence-corrected chi connectivity index (χ3v) is 4.52. The lowest BCUT2D eigenvalue weighted by molar-refractivity contribution is -0.0497. The highest BCUT2D eigenvalue weighted by Gasteiger charge is 2.16. The van der Waals surface area contributed by atoms with Gasteiger partial charge in [0.25, 0.3) is 0 Å². The van der Waals surface area contributed by atoms with Gasteiger partial charge in [0, 0.05) is 18.3 Å². The van der Waals surface area contributed by atoms with Crippen molar-refractivity contribution in [3.63, 3.8) is 0 Å². The van der Waals surface area contributed by atoms with E-state index in [1.807, 2.05) is 0 Å². The van der Waals surface area contributed by atoms with Gasteiger partial charge in [0.05, 0.1) is 40.4 Å². The maximum atomic E-state index is 12.5. The molecule has 0 saturated carbocycles. The van der Waals surface area contributed by atoms with Crippen LogP contribution in [0, 0.1) is 0 Å². The Balaban J connectivity index is 1.87. The second kappa shape index (κ2) is 7.01. The summed E-state index contributed by atoms with van der Waals surface area (Å²) in [6.45, 7) is -2.93. The molecule has 0 amide bonds. The molecular weight excluding hydrogens is 356 g/mol. The first-order chi connectivity index (χ1) is 12.0. The fraction of sp³-hybridized carbons (Fsp3) is 0.200. The van der Waals surface area contributed by atoms with Crippen molar-refractivity contribution >= 4 is 21.8 Å². The number of rotatable bonds is 6. The van der Waals surface area contributed by atoms with Crippen molar-refractivity contribution in [2.75, 3.05) is 7.11 Å². The highest BCUT2D eigenvalue weighted by atomic mass is 32.2. The van der Waals surface area contributed by atoms with Crippen LogP contribution in [-0.2, 0) is 16.6 Å². The van der Waals surface area contributed by atoms with Gasteiger partial charge in [-0.1, -0.05) is 0 Å². The van der Waals surface area contributed by atoms with E-state index in [1.165, 1.54) is 37.6 Å². The monoisotopic (exact) mass is 369 g/mol. The van der Waals surface area contributed by atoms with Crippen LogP contribution in [0.4, 0.5) is 8.78 Å². The average molecular weight is 369 g/mol. The highest BCUT2D eigenvalue weighted by molar-refractivity contribution is 7.84. The van der Waals surface area contributed by atoms with Crippen LogP contribution in [0.25, 0.3) is 11.0 Å². The number of fused-ring (bicyclic) bond motifs is 1. The quantitative estimate of drug-likeness (QED) is 0.694. The van der Waals surface area contributed by atoms with E-state index < -0.39 is 17.4 Å². The van der Waals surface area contributed by atoms with E-state index in [1.54, 1.807) is 0 Å². The predicted octanol–water partition coefficient (Wildman–Crippen LogP) is 2.17. The lowest BCUT2D eigenvalue weighted by Crippen LogP contribution is -2.11. The van der Waals surface area contributed by atoms with Gasteiger partial charge < -0.3 is 19.4 Å². The molecule has 3 aromatic rings. The van der Waals surface area contributed by atoms with E-state index in [4.69, 9.17) is 4.74 Å². The van der Waals surface area contributed by atoms with E-state index in [9.17, 15) is 17.8 Å². The summed E-state index contributed by atoms with van der Waals surface area (Å²) in [6.07, 6.45) is 1.43. The Hall–Kier alpha value is -2.75. The van der Waals surface area contributed by atoms with Gasteiger partial charge in [0.15, 0.2) is 10.9 Å². The second-order valence-corrected chi connectivity index (χ2v) is 6.31. The molecule has 0 bridgehead atoms. The fourth-order valence-electron chi connectivity index (χ4n) is 2.29. The molecule has 25 heavy (non-hydrogen) atoms. The van der Waals surface area contributed by atoms with Crippen molar-refractivity contribution in [3.8, 4) is 11.5 Å². The molecule has 1 atom stereocenters. The third kappa shape index (κ3) is 3.68. The number of aromatic nitrogens is 3. The normalized spacial score (nSPS) is 12.5. The number of halogens is 2.